The van der Waals surface area contributed by atoms with Gasteiger partial charge in [0.15, 0.2) is 0 Å². The lowest BCUT2D eigenvalue weighted by Gasteiger charge is -2.12. The zero-order chi connectivity index (χ0) is 8.39. The zero-order valence-corrected chi connectivity index (χ0v) is 7.55. The van der Waals surface area contributed by atoms with Crippen molar-refractivity contribution >= 4 is 0 Å². The molecule has 2 unspecified atom stereocenters. The third kappa shape index (κ3) is 1.48. The third-order valence-corrected chi connectivity index (χ3v) is 2.80. The number of rotatable bonds is 1. The maximum absolute atomic E-state index is 5.40. The second-order valence-corrected chi connectivity index (χ2v) is 3.68. The van der Waals surface area contributed by atoms with Crippen molar-refractivity contribution in [1.29, 1.82) is 0 Å². The van der Waals surface area contributed by atoms with Gasteiger partial charge in [0.1, 0.15) is 0 Å². The van der Waals surface area contributed by atoms with Crippen molar-refractivity contribution in [2.24, 2.45) is 11.8 Å². The molecule has 0 radical (unpaired) electrons. The van der Waals surface area contributed by atoms with E-state index in [0.717, 1.165) is 31.6 Å². The van der Waals surface area contributed by atoms with Crippen LogP contribution in [0.1, 0.15) is 6.92 Å². The molecule has 0 aromatic rings. The minimum Gasteiger partial charge on any atom is -0.381 e. The molecular formula is C10H15NO. The summed E-state index contributed by atoms with van der Waals surface area (Å²) in [5, 5.41) is 0. The van der Waals surface area contributed by atoms with Crippen LogP contribution in [0.25, 0.3) is 0 Å². The first-order valence-electron chi connectivity index (χ1n) is 4.60. The van der Waals surface area contributed by atoms with Crippen molar-refractivity contribution in [2.45, 2.75) is 6.92 Å². The van der Waals surface area contributed by atoms with Gasteiger partial charge < -0.3 is 4.74 Å². The number of nitrogens with zero attached hydrogens (tertiary/aromatic N) is 1. The molecule has 0 saturated carbocycles. The van der Waals surface area contributed by atoms with Crippen molar-refractivity contribution in [3.8, 4) is 11.8 Å². The first-order chi connectivity index (χ1) is 5.90. The van der Waals surface area contributed by atoms with Gasteiger partial charge in [-0.15, -0.1) is 5.92 Å². The van der Waals surface area contributed by atoms with Crippen molar-refractivity contribution in [1.82, 2.24) is 4.90 Å². The molecular weight excluding hydrogens is 150 g/mol. The summed E-state index contributed by atoms with van der Waals surface area (Å²) in [4.78, 5) is 2.44. The summed E-state index contributed by atoms with van der Waals surface area (Å²) in [6.07, 6.45) is 0. The number of hydrogen-bond acceptors (Lipinski definition) is 2. The van der Waals surface area contributed by atoms with Gasteiger partial charge in [-0.2, -0.15) is 0 Å². The lowest BCUT2D eigenvalue weighted by molar-refractivity contribution is 0.158. The monoisotopic (exact) mass is 165 g/mol. The van der Waals surface area contributed by atoms with E-state index in [4.69, 9.17) is 4.74 Å². The van der Waals surface area contributed by atoms with Gasteiger partial charge >= 0.3 is 0 Å². The van der Waals surface area contributed by atoms with E-state index >= 15 is 0 Å². The van der Waals surface area contributed by atoms with Gasteiger partial charge in [-0.1, -0.05) is 5.92 Å². The SMILES string of the molecule is CC#CCN1CC2COCC2C1. The van der Waals surface area contributed by atoms with E-state index in [1.165, 1.54) is 13.1 Å². The van der Waals surface area contributed by atoms with E-state index < -0.39 is 0 Å². The van der Waals surface area contributed by atoms with Crippen LogP contribution < -0.4 is 0 Å². The highest BCUT2D eigenvalue weighted by Gasteiger charge is 2.36. The van der Waals surface area contributed by atoms with Crippen LogP contribution in [0.2, 0.25) is 0 Å². The molecule has 0 aromatic heterocycles. The van der Waals surface area contributed by atoms with Gasteiger partial charge in [-0.25, -0.2) is 0 Å². The summed E-state index contributed by atoms with van der Waals surface area (Å²) in [6, 6.07) is 0. The van der Waals surface area contributed by atoms with Gasteiger partial charge in [0, 0.05) is 24.9 Å². The lowest BCUT2D eigenvalue weighted by Crippen LogP contribution is -2.23. The summed E-state index contributed by atoms with van der Waals surface area (Å²) in [5.74, 6) is 7.64. The highest BCUT2D eigenvalue weighted by molar-refractivity contribution is 5.00. The van der Waals surface area contributed by atoms with Gasteiger partial charge in [-0.3, -0.25) is 4.90 Å². The second-order valence-electron chi connectivity index (χ2n) is 3.68. The Balaban J connectivity index is 1.85. The fourth-order valence-corrected chi connectivity index (χ4v) is 2.10. The molecule has 0 amide bonds. The van der Waals surface area contributed by atoms with Crippen molar-refractivity contribution in [3.05, 3.63) is 0 Å². The predicted octanol–water partition coefficient (Wildman–Crippen LogP) is 0.588. The van der Waals surface area contributed by atoms with E-state index in [0.29, 0.717) is 0 Å². The Morgan fingerprint density at radius 2 is 2.00 bits per heavy atom. The predicted molar refractivity (Wildman–Crippen MR) is 47.7 cm³/mol. The second kappa shape index (κ2) is 3.47. The number of fused-ring (bicyclic) bond motifs is 1. The molecule has 2 fully saturated rings. The van der Waals surface area contributed by atoms with Crippen LogP contribution in [0.5, 0.6) is 0 Å². The first kappa shape index (κ1) is 8.10. The smallest absolute Gasteiger partial charge is 0.0601 e. The molecule has 2 atom stereocenters. The molecule has 0 aromatic carbocycles. The summed E-state index contributed by atoms with van der Waals surface area (Å²) in [5.41, 5.74) is 0. The van der Waals surface area contributed by atoms with E-state index in [9.17, 15) is 0 Å². The first-order valence-corrected chi connectivity index (χ1v) is 4.60. The van der Waals surface area contributed by atoms with Crippen LogP contribution in [-0.4, -0.2) is 37.7 Å². The van der Waals surface area contributed by atoms with Crippen LogP contribution in [0.4, 0.5) is 0 Å². The van der Waals surface area contributed by atoms with Gasteiger partial charge in [0.25, 0.3) is 0 Å². The molecule has 2 rings (SSSR count). The largest absolute Gasteiger partial charge is 0.381 e. The van der Waals surface area contributed by atoms with Gasteiger partial charge in [-0.05, 0) is 6.92 Å². The Kier molecular flexibility index (Phi) is 2.34. The third-order valence-electron chi connectivity index (χ3n) is 2.80. The maximum Gasteiger partial charge on any atom is 0.0601 e. The fourth-order valence-electron chi connectivity index (χ4n) is 2.10. The van der Waals surface area contributed by atoms with Gasteiger partial charge in [0.2, 0.25) is 0 Å². The molecule has 12 heavy (non-hydrogen) atoms. The Labute approximate surface area is 73.9 Å². The van der Waals surface area contributed by atoms with E-state index in [1.54, 1.807) is 0 Å². The minimum atomic E-state index is 0.795. The fraction of sp³-hybridized carbons (Fsp3) is 0.800. The molecule has 2 heteroatoms. The van der Waals surface area contributed by atoms with E-state index in [2.05, 4.69) is 16.7 Å². The normalized spacial score (nSPS) is 34.4. The van der Waals surface area contributed by atoms with E-state index in [-0.39, 0.29) is 0 Å². The average molecular weight is 165 g/mol. The Bertz CT molecular complexity index is 204. The average Bonchev–Trinajstić information content (AvgIpc) is 2.58. The van der Waals surface area contributed by atoms with E-state index in [1.807, 2.05) is 6.92 Å². The molecule has 0 spiro atoms. The van der Waals surface area contributed by atoms with Crippen molar-refractivity contribution in [2.75, 3.05) is 32.8 Å². The molecule has 2 nitrogen and oxygen atoms in total. The standard InChI is InChI=1S/C10H15NO/c1-2-3-4-11-5-9-7-12-8-10(9)6-11/h9-10H,4-8H2,1H3. The van der Waals surface area contributed by atoms with Gasteiger partial charge in [0.05, 0.1) is 19.8 Å². The number of hydrogen-bond donors (Lipinski definition) is 0. The zero-order valence-electron chi connectivity index (χ0n) is 7.55. The molecule has 66 valence electrons. The molecule has 0 bridgehead atoms. The molecule has 2 aliphatic rings. The summed E-state index contributed by atoms with van der Waals surface area (Å²) in [6.45, 7) is 7.18. The molecule has 2 heterocycles. The topological polar surface area (TPSA) is 12.5 Å². The highest BCUT2D eigenvalue weighted by Crippen LogP contribution is 2.28. The Morgan fingerprint density at radius 3 is 2.58 bits per heavy atom. The quantitative estimate of drug-likeness (QED) is 0.527. The molecule has 0 N–H and O–H groups in total. The number of likely N-dealkylation sites (tertiary alicyclic amines) is 1. The Hall–Kier alpha value is -0.520. The molecule has 2 aliphatic heterocycles. The van der Waals surface area contributed by atoms with Crippen LogP contribution in [0.3, 0.4) is 0 Å². The van der Waals surface area contributed by atoms with Crippen LogP contribution >= 0.6 is 0 Å². The lowest BCUT2D eigenvalue weighted by atomic mass is 10.0. The minimum absolute atomic E-state index is 0.795. The van der Waals surface area contributed by atoms with Crippen molar-refractivity contribution < 1.29 is 4.74 Å². The summed E-state index contributed by atoms with van der Waals surface area (Å²) >= 11 is 0. The molecule has 0 aliphatic carbocycles. The van der Waals surface area contributed by atoms with Crippen LogP contribution in [-0.2, 0) is 4.74 Å². The highest BCUT2D eigenvalue weighted by atomic mass is 16.5. The summed E-state index contributed by atoms with van der Waals surface area (Å²) in [7, 11) is 0. The van der Waals surface area contributed by atoms with Crippen LogP contribution in [0.15, 0.2) is 0 Å². The number of ether oxygens (including phenoxy) is 1. The summed E-state index contributed by atoms with van der Waals surface area (Å²) < 4.78 is 5.40. The Morgan fingerprint density at radius 1 is 1.33 bits per heavy atom. The van der Waals surface area contributed by atoms with Crippen molar-refractivity contribution in [3.63, 3.8) is 0 Å². The van der Waals surface area contributed by atoms with Crippen LogP contribution in [0, 0.1) is 23.7 Å². The molecule has 2 saturated heterocycles. The maximum atomic E-state index is 5.40.